The fraction of sp³-hybridized carbons (Fsp3) is 0.304. The molecule has 150 valence electrons. The van der Waals surface area contributed by atoms with Crippen LogP contribution in [0.25, 0.3) is 16.6 Å². The summed E-state index contributed by atoms with van der Waals surface area (Å²) in [6.07, 6.45) is 1.82. The van der Waals surface area contributed by atoms with Crippen LogP contribution < -0.4 is 5.73 Å². The van der Waals surface area contributed by atoms with Crippen molar-refractivity contribution in [3.05, 3.63) is 58.5 Å². The van der Waals surface area contributed by atoms with Crippen molar-refractivity contribution >= 4 is 28.8 Å². The molecule has 5 nitrogen and oxygen atoms in total. The van der Waals surface area contributed by atoms with Crippen LogP contribution in [-0.2, 0) is 4.79 Å². The Kier molecular flexibility index (Phi) is 4.45. The lowest BCUT2D eigenvalue weighted by Crippen LogP contribution is -2.06. The molecule has 4 N–H and O–H groups in total. The van der Waals surface area contributed by atoms with Gasteiger partial charge in [0.05, 0.1) is 11.4 Å². The molecule has 1 aliphatic rings. The van der Waals surface area contributed by atoms with Crippen LogP contribution in [0.2, 0.25) is 0 Å². The molecule has 29 heavy (non-hydrogen) atoms. The number of hydrogen-bond acceptors (Lipinski definition) is 3. The summed E-state index contributed by atoms with van der Waals surface area (Å²) in [5.74, 6) is -1.41. The minimum absolute atomic E-state index is 0.0690. The van der Waals surface area contributed by atoms with E-state index >= 15 is 0 Å². The lowest BCUT2D eigenvalue weighted by Gasteiger charge is -2.16. The van der Waals surface area contributed by atoms with Gasteiger partial charge < -0.3 is 20.8 Å². The van der Waals surface area contributed by atoms with Crippen LogP contribution in [0.4, 0.5) is 10.1 Å². The quantitative estimate of drug-likeness (QED) is 0.422. The Morgan fingerprint density at radius 3 is 2.62 bits per heavy atom. The largest absolute Gasteiger partial charge is 0.481 e. The summed E-state index contributed by atoms with van der Waals surface area (Å²) in [4.78, 5) is 11.6. The fourth-order valence-electron chi connectivity index (χ4n) is 4.33. The van der Waals surface area contributed by atoms with Crippen LogP contribution >= 0.6 is 0 Å². The lowest BCUT2D eigenvalue weighted by atomic mass is 9.97. The van der Waals surface area contributed by atoms with Gasteiger partial charge in [0, 0.05) is 40.2 Å². The third kappa shape index (κ3) is 2.99. The van der Waals surface area contributed by atoms with Crippen molar-refractivity contribution in [2.24, 2.45) is 5.92 Å². The van der Waals surface area contributed by atoms with Crippen LogP contribution in [0.3, 0.4) is 0 Å². The van der Waals surface area contributed by atoms with Gasteiger partial charge in [-0.1, -0.05) is 13.8 Å². The van der Waals surface area contributed by atoms with Gasteiger partial charge in [-0.2, -0.15) is 0 Å². The molecule has 3 aromatic rings. The first-order valence-corrected chi connectivity index (χ1v) is 9.72. The number of hydrogen-bond donors (Lipinski definition) is 3. The molecule has 1 heterocycles. The summed E-state index contributed by atoms with van der Waals surface area (Å²) < 4.78 is 16.0. The highest BCUT2D eigenvalue weighted by molar-refractivity contribution is 5.98. The van der Waals surface area contributed by atoms with Crippen molar-refractivity contribution in [3.8, 4) is 5.69 Å². The molecule has 0 radical (unpaired) electrons. The minimum atomic E-state index is -0.785. The number of anilines is 1. The first-order valence-electron chi connectivity index (χ1n) is 9.72. The summed E-state index contributed by atoms with van der Waals surface area (Å²) in [7, 11) is 0. The molecule has 2 aromatic carbocycles. The maximum absolute atomic E-state index is 13.9. The van der Waals surface area contributed by atoms with Gasteiger partial charge in [0.15, 0.2) is 0 Å². The van der Waals surface area contributed by atoms with E-state index in [0.717, 1.165) is 27.8 Å². The lowest BCUT2D eigenvalue weighted by molar-refractivity contribution is -0.138. The van der Waals surface area contributed by atoms with Gasteiger partial charge in [0.1, 0.15) is 5.82 Å². The Morgan fingerprint density at radius 1 is 1.34 bits per heavy atom. The molecule has 2 unspecified atom stereocenters. The highest BCUT2D eigenvalue weighted by Crippen LogP contribution is 2.53. The summed E-state index contributed by atoms with van der Waals surface area (Å²) >= 11 is 0. The third-order valence-corrected chi connectivity index (χ3v) is 5.83. The van der Waals surface area contributed by atoms with E-state index in [1.54, 1.807) is 19.1 Å². The smallest absolute Gasteiger partial charge is 0.307 e. The predicted molar refractivity (Wildman–Crippen MR) is 113 cm³/mol. The normalized spacial score (nSPS) is 18.4. The van der Waals surface area contributed by atoms with E-state index in [2.05, 4.69) is 18.4 Å². The molecule has 4 rings (SSSR count). The Hall–Kier alpha value is -3.15. The predicted octanol–water partition coefficient (Wildman–Crippen LogP) is 4.97. The van der Waals surface area contributed by atoms with Gasteiger partial charge >= 0.3 is 5.97 Å². The van der Waals surface area contributed by atoms with Crippen molar-refractivity contribution in [2.45, 2.75) is 39.0 Å². The second-order valence-electron chi connectivity index (χ2n) is 8.15. The second kappa shape index (κ2) is 6.72. The molecule has 1 fully saturated rings. The van der Waals surface area contributed by atoms with Crippen LogP contribution in [0.1, 0.15) is 54.5 Å². The zero-order valence-electron chi connectivity index (χ0n) is 16.7. The standard InChI is InChI=1S/C23H24FN3O2/c1-11(2)22-21(15-8-16(15)23(28)29)17-9-19(26)13(10-25)7-20(17)27(22)14-4-5-18(24)12(3)6-14/h4-7,9-11,15-16,25H,8,26H2,1-3H3,(H,28,29). The summed E-state index contributed by atoms with van der Waals surface area (Å²) in [6, 6.07) is 8.70. The molecular formula is C23H24FN3O2. The van der Waals surface area contributed by atoms with E-state index < -0.39 is 11.9 Å². The second-order valence-corrected chi connectivity index (χ2v) is 8.15. The van der Waals surface area contributed by atoms with Crippen molar-refractivity contribution in [2.75, 3.05) is 5.73 Å². The van der Waals surface area contributed by atoms with E-state index in [1.807, 2.05) is 12.1 Å². The first-order chi connectivity index (χ1) is 13.7. The number of benzene rings is 2. The summed E-state index contributed by atoms with van der Waals surface area (Å²) in [6.45, 7) is 5.87. The summed E-state index contributed by atoms with van der Waals surface area (Å²) in [5.41, 5.74) is 11.5. The number of aromatic nitrogens is 1. The molecule has 1 saturated carbocycles. The van der Waals surface area contributed by atoms with Crippen LogP contribution in [0.5, 0.6) is 0 Å². The maximum Gasteiger partial charge on any atom is 0.307 e. The molecule has 0 amide bonds. The number of nitrogen functional groups attached to an aromatic ring is 1. The Morgan fingerprint density at radius 2 is 2.07 bits per heavy atom. The Balaban J connectivity index is 2.10. The first kappa shape index (κ1) is 19.2. The number of carboxylic acids is 1. The van der Waals surface area contributed by atoms with Crippen LogP contribution in [0.15, 0.2) is 30.3 Å². The highest BCUT2D eigenvalue weighted by atomic mass is 19.1. The number of aryl methyl sites for hydroxylation is 1. The number of nitrogens with one attached hydrogen (secondary N) is 1. The zero-order chi connectivity index (χ0) is 21.0. The number of aliphatic carboxylic acids is 1. The van der Waals surface area contributed by atoms with Crippen LogP contribution in [0, 0.1) is 24.1 Å². The van der Waals surface area contributed by atoms with Gasteiger partial charge in [-0.3, -0.25) is 4.79 Å². The third-order valence-electron chi connectivity index (χ3n) is 5.83. The topological polar surface area (TPSA) is 92.1 Å². The van der Waals surface area contributed by atoms with E-state index in [0.29, 0.717) is 23.2 Å². The van der Waals surface area contributed by atoms with Gasteiger partial charge in [-0.05, 0) is 60.7 Å². The van der Waals surface area contributed by atoms with Gasteiger partial charge in [0.2, 0.25) is 0 Å². The highest BCUT2D eigenvalue weighted by Gasteiger charge is 2.47. The molecule has 1 aliphatic carbocycles. The van der Waals surface area contributed by atoms with Crippen molar-refractivity contribution in [1.82, 2.24) is 4.57 Å². The average molecular weight is 393 g/mol. The fourth-order valence-corrected chi connectivity index (χ4v) is 4.33. The zero-order valence-corrected chi connectivity index (χ0v) is 16.7. The number of carbonyl (C=O) groups is 1. The van der Waals surface area contributed by atoms with Crippen molar-refractivity contribution < 1.29 is 14.3 Å². The Bertz CT molecular complexity index is 1160. The van der Waals surface area contributed by atoms with Crippen LogP contribution in [-0.4, -0.2) is 21.9 Å². The van der Waals surface area contributed by atoms with Crippen molar-refractivity contribution in [1.29, 1.82) is 5.41 Å². The average Bonchev–Trinajstić information content (AvgIpc) is 3.39. The van der Waals surface area contributed by atoms with E-state index in [4.69, 9.17) is 11.1 Å². The maximum atomic E-state index is 13.9. The molecule has 0 saturated heterocycles. The number of rotatable bonds is 5. The Labute approximate surface area is 168 Å². The molecule has 0 bridgehead atoms. The molecular weight excluding hydrogens is 369 g/mol. The van der Waals surface area contributed by atoms with E-state index in [9.17, 15) is 14.3 Å². The number of carboxylic acid groups (broad SMARTS) is 1. The van der Waals surface area contributed by atoms with Gasteiger partial charge in [-0.25, -0.2) is 4.39 Å². The number of fused-ring (bicyclic) bond motifs is 1. The summed E-state index contributed by atoms with van der Waals surface area (Å²) in [5, 5.41) is 18.1. The molecule has 1 aromatic heterocycles. The van der Waals surface area contributed by atoms with Gasteiger partial charge in [0.25, 0.3) is 0 Å². The number of halogens is 1. The number of nitrogens with two attached hydrogens (primary N) is 1. The molecule has 2 atom stereocenters. The van der Waals surface area contributed by atoms with E-state index in [1.165, 1.54) is 12.3 Å². The molecule has 6 heteroatoms. The molecule has 0 spiro atoms. The van der Waals surface area contributed by atoms with Crippen molar-refractivity contribution in [3.63, 3.8) is 0 Å². The number of nitrogens with zero attached hydrogens (tertiary/aromatic N) is 1. The SMILES string of the molecule is Cc1cc(-n2c(C(C)C)c(C3CC3C(=O)O)c3cc(N)c(C=N)cc32)ccc1F. The monoisotopic (exact) mass is 393 g/mol. The molecule has 0 aliphatic heterocycles. The van der Waals surface area contributed by atoms with E-state index in [-0.39, 0.29) is 17.7 Å². The van der Waals surface area contributed by atoms with Gasteiger partial charge in [-0.15, -0.1) is 0 Å². The minimum Gasteiger partial charge on any atom is -0.481 e.